The van der Waals surface area contributed by atoms with E-state index in [1.54, 1.807) is 11.3 Å². The van der Waals surface area contributed by atoms with Gasteiger partial charge in [-0.3, -0.25) is 0 Å². The number of thiophene rings is 1. The Kier molecular flexibility index (Phi) is 4.17. The maximum Gasteiger partial charge on any atom is 0.0965 e. The van der Waals surface area contributed by atoms with Crippen LogP contribution in [0, 0.1) is 13.8 Å². The van der Waals surface area contributed by atoms with Crippen LogP contribution in [0.1, 0.15) is 33.6 Å². The van der Waals surface area contributed by atoms with Crippen molar-refractivity contribution in [3.63, 3.8) is 0 Å². The largest absolute Gasteiger partial charge is 0.387 e. The molecule has 1 aromatic heterocycles. The normalized spacial score (nSPS) is 14.4. The molecule has 3 N–H and O–H groups in total. The highest BCUT2D eigenvalue weighted by Crippen LogP contribution is 2.35. The summed E-state index contributed by atoms with van der Waals surface area (Å²) in [7, 11) is 0. The molecule has 0 amide bonds. The number of rotatable bonds is 4. The number of benzene rings is 1. The molecule has 0 saturated carbocycles. The predicted octanol–water partition coefficient (Wildman–Crippen LogP) is 3.14. The van der Waals surface area contributed by atoms with Crippen molar-refractivity contribution >= 4 is 11.3 Å². The molecule has 0 aliphatic heterocycles. The Balaban J connectivity index is 2.35. The van der Waals surface area contributed by atoms with Crippen LogP contribution in [0.4, 0.5) is 0 Å². The van der Waals surface area contributed by atoms with Gasteiger partial charge in [0.15, 0.2) is 0 Å². The van der Waals surface area contributed by atoms with Crippen molar-refractivity contribution < 1.29 is 5.11 Å². The molecule has 96 valence electrons. The average Bonchev–Trinajstić information content (AvgIpc) is 2.78. The first-order valence-electron chi connectivity index (χ1n) is 6.12. The Bertz CT molecular complexity index is 521. The minimum absolute atomic E-state index is 0.0384. The number of nitrogens with two attached hydrogens (primary N) is 1. The van der Waals surface area contributed by atoms with Crippen LogP contribution in [0.5, 0.6) is 0 Å². The second kappa shape index (κ2) is 5.65. The van der Waals surface area contributed by atoms with Gasteiger partial charge in [-0.15, -0.1) is 11.3 Å². The van der Waals surface area contributed by atoms with Crippen LogP contribution in [0.15, 0.2) is 35.7 Å². The van der Waals surface area contributed by atoms with Gasteiger partial charge in [-0.05, 0) is 42.0 Å². The quantitative estimate of drug-likeness (QED) is 0.888. The standard InChI is InChI=1S/C15H19NOS/c1-10-5-3-4-6-12(10)13(9-16)14(17)15-11(2)7-8-18-15/h3-8,13-14,17H,9,16H2,1-2H3. The van der Waals surface area contributed by atoms with Gasteiger partial charge < -0.3 is 10.8 Å². The Hall–Kier alpha value is -1.16. The number of aliphatic hydroxyl groups is 1. The van der Waals surface area contributed by atoms with Gasteiger partial charge in [0.2, 0.25) is 0 Å². The van der Waals surface area contributed by atoms with E-state index in [9.17, 15) is 5.11 Å². The van der Waals surface area contributed by atoms with Gasteiger partial charge in [0.05, 0.1) is 6.10 Å². The van der Waals surface area contributed by atoms with Gasteiger partial charge in [0, 0.05) is 17.3 Å². The molecule has 18 heavy (non-hydrogen) atoms. The number of hydrogen-bond acceptors (Lipinski definition) is 3. The average molecular weight is 261 g/mol. The number of aryl methyl sites for hydroxylation is 2. The molecule has 0 aliphatic rings. The molecule has 2 nitrogen and oxygen atoms in total. The molecule has 0 fully saturated rings. The minimum Gasteiger partial charge on any atom is -0.387 e. The molecule has 0 aliphatic carbocycles. The molecule has 1 heterocycles. The summed E-state index contributed by atoms with van der Waals surface area (Å²) in [6.07, 6.45) is -0.518. The Labute approximate surface area is 112 Å². The Morgan fingerprint density at radius 3 is 2.44 bits per heavy atom. The highest BCUT2D eigenvalue weighted by Gasteiger charge is 2.24. The zero-order valence-electron chi connectivity index (χ0n) is 10.8. The van der Waals surface area contributed by atoms with Crippen LogP contribution >= 0.6 is 11.3 Å². The molecule has 2 atom stereocenters. The van der Waals surface area contributed by atoms with E-state index in [1.165, 1.54) is 5.56 Å². The third kappa shape index (κ3) is 2.48. The maximum absolute atomic E-state index is 10.6. The van der Waals surface area contributed by atoms with Gasteiger partial charge in [0.1, 0.15) is 0 Å². The van der Waals surface area contributed by atoms with Crippen molar-refractivity contribution in [2.75, 3.05) is 6.54 Å². The monoisotopic (exact) mass is 261 g/mol. The van der Waals surface area contributed by atoms with Crippen molar-refractivity contribution in [3.8, 4) is 0 Å². The summed E-state index contributed by atoms with van der Waals surface area (Å²) in [5, 5.41) is 12.6. The lowest BCUT2D eigenvalue weighted by Gasteiger charge is -2.23. The summed E-state index contributed by atoms with van der Waals surface area (Å²) in [4.78, 5) is 1.02. The van der Waals surface area contributed by atoms with E-state index in [0.717, 1.165) is 16.0 Å². The van der Waals surface area contributed by atoms with Gasteiger partial charge in [-0.1, -0.05) is 24.3 Å². The van der Waals surface area contributed by atoms with Gasteiger partial charge >= 0.3 is 0 Å². The van der Waals surface area contributed by atoms with E-state index in [-0.39, 0.29) is 5.92 Å². The molecule has 0 saturated heterocycles. The third-order valence-electron chi connectivity index (χ3n) is 3.39. The second-order valence-corrected chi connectivity index (χ2v) is 5.56. The van der Waals surface area contributed by atoms with Crippen LogP contribution in [0.25, 0.3) is 0 Å². The summed E-state index contributed by atoms with van der Waals surface area (Å²) in [6.45, 7) is 4.54. The van der Waals surface area contributed by atoms with Crippen LogP contribution < -0.4 is 5.73 Å². The summed E-state index contributed by atoms with van der Waals surface area (Å²) in [6, 6.07) is 10.2. The first-order chi connectivity index (χ1) is 8.65. The predicted molar refractivity (Wildman–Crippen MR) is 77.0 cm³/mol. The molecule has 0 spiro atoms. The summed E-state index contributed by atoms with van der Waals surface area (Å²) in [5.41, 5.74) is 9.33. The van der Waals surface area contributed by atoms with E-state index in [2.05, 4.69) is 19.1 Å². The van der Waals surface area contributed by atoms with E-state index in [1.807, 2.05) is 30.5 Å². The lowest BCUT2D eigenvalue weighted by atomic mass is 9.89. The van der Waals surface area contributed by atoms with E-state index >= 15 is 0 Å². The summed E-state index contributed by atoms with van der Waals surface area (Å²) in [5.74, 6) is -0.0384. The summed E-state index contributed by atoms with van der Waals surface area (Å²) < 4.78 is 0. The van der Waals surface area contributed by atoms with Gasteiger partial charge in [-0.2, -0.15) is 0 Å². The fourth-order valence-electron chi connectivity index (χ4n) is 2.30. The van der Waals surface area contributed by atoms with E-state index in [4.69, 9.17) is 5.73 Å². The molecular formula is C15H19NOS. The molecule has 2 unspecified atom stereocenters. The van der Waals surface area contributed by atoms with Crippen LogP contribution in [0.2, 0.25) is 0 Å². The Morgan fingerprint density at radius 1 is 1.17 bits per heavy atom. The van der Waals surface area contributed by atoms with Gasteiger partial charge in [0.25, 0.3) is 0 Å². The third-order valence-corrected chi connectivity index (χ3v) is 4.48. The van der Waals surface area contributed by atoms with Crippen molar-refractivity contribution in [2.45, 2.75) is 25.9 Å². The van der Waals surface area contributed by atoms with Crippen molar-refractivity contribution in [2.24, 2.45) is 5.73 Å². The zero-order valence-corrected chi connectivity index (χ0v) is 11.6. The smallest absolute Gasteiger partial charge is 0.0965 e. The first-order valence-corrected chi connectivity index (χ1v) is 7.00. The summed E-state index contributed by atoms with van der Waals surface area (Å²) >= 11 is 1.60. The van der Waals surface area contributed by atoms with Gasteiger partial charge in [-0.25, -0.2) is 0 Å². The maximum atomic E-state index is 10.6. The SMILES string of the molecule is Cc1ccccc1C(CN)C(O)c1sccc1C. The number of hydrogen-bond donors (Lipinski definition) is 2. The molecule has 0 bridgehead atoms. The van der Waals surface area contributed by atoms with Crippen molar-refractivity contribution in [1.82, 2.24) is 0 Å². The minimum atomic E-state index is -0.518. The Morgan fingerprint density at radius 2 is 1.89 bits per heavy atom. The van der Waals surface area contributed by atoms with Crippen LogP contribution in [-0.4, -0.2) is 11.7 Å². The lowest BCUT2D eigenvalue weighted by molar-refractivity contribution is 0.150. The highest BCUT2D eigenvalue weighted by molar-refractivity contribution is 7.10. The topological polar surface area (TPSA) is 46.2 Å². The van der Waals surface area contributed by atoms with Crippen molar-refractivity contribution in [1.29, 1.82) is 0 Å². The van der Waals surface area contributed by atoms with Crippen LogP contribution in [-0.2, 0) is 0 Å². The zero-order chi connectivity index (χ0) is 13.1. The van der Waals surface area contributed by atoms with Crippen LogP contribution in [0.3, 0.4) is 0 Å². The molecule has 2 rings (SSSR count). The van der Waals surface area contributed by atoms with E-state index < -0.39 is 6.10 Å². The molecule has 0 radical (unpaired) electrons. The molecule has 2 aromatic rings. The fraction of sp³-hybridized carbons (Fsp3) is 0.333. The fourth-order valence-corrected chi connectivity index (χ4v) is 3.28. The molecular weight excluding hydrogens is 242 g/mol. The molecule has 1 aromatic carbocycles. The van der Waals surface area contributed by atoms with E-state index in [0.29, 0.717) is 6.54 Å². The first kappa shape index (κ1) is 13.3. The highest BCUT2D eigenvalue weighted by atomic mass is 32.1. The second-order valence-electron chi connectivity index (χ2n) is 4.61. The number of aliphatic hydroxyl groups excluding tert-OH is 1. The lowest BCUT2D eigenvalue weighted by Crippen LogP contribution is -2.20. The van der Waals surface area contributed by atoms with Crippen molar-refractivity contribution in [3.05, 3.63) is 57.3 Å². The molecule has 3 heteroatoms.